The summed E-state index contributed by atoms with van der Waals surface area (Å²) in [7, 11) is 4.94. The zero-order valence-electron chi connectivity index (χ0n) is 17.2. The first-order chi connectivity index (χ1) is 14.5. The molecule has 6 nitrogen and oxygen atoms in total. The van der Waals surface area contributed by atoms with Crippen molar-refractivity contribution >= 4 is 28.8 Å². The summed E-state index contributed by atoms with van der Waals surface area (Å²) in [6, 6.07) is 14.5. The van der Waals surface area contributed by atoms with Gasteiger partial charge in [-0.15, -0.1) is 0 Å². The van der Waals surface area contributed by atoms with E-state index in [0.717, 1.165) is 5.56 Å². The normalized spacial score (nSPS) is 10.4. The second-order valence-corrected chi connectivity index (χ2v) is 7.46. The number of ether oxygens (including phenoxy) is 2. The third kappa shape index (κ3) is 4.99. The summed E-state index contributed by atoms with van der Waals surface area (Å²) in [5, 5.41) is 6.45. The highest BCUT2D eigenvalue weighted by molar-refractivity contribution is 7.08. The van der Waals surface area contributed by atoms with E-state index in [2.05, 4.69) is 5.32 Å². The molecule has 1 heterocycles. The molecule has 7 heteroatoms. The molecule has 30 heavy (non-hydrogen) atoms. The summed E-state index contributed by atoms with van der Waals surface area (Å²) in [5.41, 5.74) is 2.56. The second kappa shape index (κ2) is 9.93. The standard InChI is InChI=1S/C23H24N2O4S/c1-25(12-10-16-8-9-20(28-2)21(14-16)29-3)23(27)18-6-4-5-7-19(18)24-22(26)17-11-13-30-15-17/h4-9,11,13-15H,10,12H2,1-3H3,(H,24,26). The molecule has 1 N–H and O–H groups in total. The first-order valence-electron chi connectivity index (χ1n) is 9.42. The van der Waals surface area contributed by atoms with Gasteiger partial charge in [-0.2, -0.15) is 11.3 Å². The lowest BCUT2D eigenvalue weighted by Crippen LogP contribution is -2.30. The maximum absolute atomic E-state index is 13.0. The third-order valence-electron chi connectivity index (χ3n) is 4.72. The molecule has 2 amide bonds. The summed E-state index contributed by atoms with van der Waals surface area (Å²) < 4.78 is 10.6. The number of para-hydroxylation sites is 1. The maximum atomic E-state index is 13.0. The average molecular weight is 425 g/mol. The monoisotopic (exact) mass is 424 g/mol. The Labute approximate surface area is 180 Å². The molecule has 0 bridgehead atoms. The lowest BCUT2D eigenvalue weighted by molar-refractivity contribution is 0.0797. The van der Waals surface area contributed by atoms with E-state index in [1.54, 1.807) is 61.9 Å². The summed E-state index contributed by atoms with van der Waals surface area (Å²) in [5.74, 6) is 0.938. The van der Waals surface area contributed by atoms with E-state index in [9.17, 15) is 9.59 Å². The zero-order chi connectivity index (χ0) is 21.5. The summed E-state index contributed by atoms with van der Waals surface area (Å²) >= 11 is 1.45. The van der Waals surface area contributed by atoms with Crippen molar-refractivity contribution in [1.29, 1.82) is 0 Å². The molecule has 0 saturated heterocycles. The number of benzene rings is 2. The molecule has 0 aliphatic rings. The van der Waals surface area contributed by atoms with Gasteiger partial charge >= 0.3 is 0 Å². The average Bonchev–Trinajstić information content (AvgIpc) is 3.32. The maximum Gasteiger partial charge on any atom is 0.256 e. The van der Waals surface area contributed by atoms with Gasteiger partial charge in [-0.25, -0.2) is 0 Å². The van der Waals surface area contributed by atoms with Crippen molar-refractivity contribution in [3.05, 3.63) is 76.0 Å². The minimum atomic E-state index is -0.232. The predicted molar refractivity (Wildman–Crippen MR) is 119 cm³/mol. The summed E-state index contributed by atoms with van der Waals surface area (Å²) in [6.07, 6.45) is 0.659. The van der Waals surface area contributed by atoms with E-state index in [1.165, 1.54) is 11.3 Å². The van der Waals surface area contributed by atoms with Crippen LogP contribution < -0.4 is 14.8 Å². The second-order valence-electron chi connectivity index (χ2n) is 6.68. The lowest BCUT2D eigenvalue weighted by Gasteiger charge is -2.19. The van der Waals surface area contributed by atoms with Crippen molar-refractivity contribution in [3.8, 4) is 11.5 Å². The van der Waals surface area contributed by atoms with Crippen LogP contribution in [-0.2, 0) is 6.42 Å². The number of amides is 2. The number of hydrogen-bond acceptors (Lipinski definition) is 5. The Kier molecular flexibility index (Phi) is 7.08. The molecule has 1 aromatic heterocycles. The van der Waals surface area contributed by atoms with Gasteiger partial charge in [0.05, 0.1) is 31.0 Å². The molecular weight excluding hydrogens is 400 g/mol. The molecule has 0 unspecified atom stereocenters. The number of thiophene rings is 1. The number of methoxy groups -OCH3 is 2. The van der Waals surface area contributed by atoms with Crippen LogP contribution >= 0.6 is 11.3 Å². The quantitative estimate of drug-likeness (QED) is 0.584. The van der Waals surface area contributed by atoms with Crippen molar-refractivity contribution < 1.29 is 19.1 Å². The number of hydrogen-bond donors (Lipinski definition) is 1. The molecule has 0 saturated carbocycles. The Bertz CT molecular complexity index is 1020. The van der Waals surface area contributed by atoms with Crippen molar-refractivity contribution in [1.82, 2.24) is 4.90 Å². The van der Waals surface area contributed by atoms with Gasteiger partial charge in [0.2, 0.25) is 0 Å². The number of nitrogens with zero attached hydrogens (tertiary/aromatic N) is 1. The largest absolute Gasteiger partial charge is 0.493 e. The molecule has 2 aromatic carbocycles. The van der Waals surface area contributed by atoms with Crippen LogP contribution in [0.3, 0.4) is 0 Å². The van der Waals surface area contributed by atoms with Gasteiger partial charge in [-0.1, -0.05) is 18.2 Å². The van der Waals surface area contributed by atoms with E-state index in [1.807, 2.05) is 23.6 Å². The smallest absolute Gasteiger partial charge is 0.256 e. The van der Waals surface area contributed by atoms with Crippen LogP contribution in [0.4, 0.5) is 5.69 Å². The molecule has 156 valence electrons. The number of nitrogens with one attached hydrogen (secondary N) is 1. The highest BCUT2D eigenvalue weighted by Gasteiger charge is 2.18. The fourth-order valence-corrected chi connectivity index (χ4v) is 3.64. The first-order valence-corrected chi connectivity index (χ1v) is 10.4. The Morgan fingerprint density at radius 2 is 1.80 bits per heavy atom. The number of likely N-dealkylation sites (N-methyl/N-ethyl adjacent to an activating group) is 1. The SMILES string of the molecule is COc1ccc(CCN(C)C(=O)c2ccccc2NC(=O)c2ccsc2)cc1OC. The Hall–Kier alpha value is -3.32. The Balaban J connectivity index is 1.68. The summed E-state index contributed by atoms with van der Waals surface area (Å²) in [4.78, 5) is 27.0. The molecule has 0 aliphatic heterocycles. The summed E-state index contributed by atoms with van der Waals surface area (Å²) in [6.45, 7) is 0.515. The molecule has 0 spiro atoms. The minimum absolute atomic E-state index is 0.156. The van der Waals surface area contributed by atoms with E-state index in [4.69, 9.17) is 9.47 Å². The van der Waals surface area contributed by atoms with Gasteiger partial charge < -0.3 is 19.7 Å². The van der Waals surface area contributed by atoms with Crippen LogP contribution in [0.2, 0.25) is 0 Å². The van der Waals surface area contributed by atoms with Crippen LogP contribution in [0.15, 0.2) is 59.3 Å². The Morgan fingerprint density at radius 3 is 2.50 bits per heavy atom. The third-order valence-corrected chi connectivity index (χ3v) is 5.40. The van der Waals surface area contributed by atoms with Crippen molar-refractivity contribution in [2.75, 3.05) is 33.1 Å². The van der Waals surface area contributed by atoms with Crippen LogP contribution in [0, 0.1) is 0 Å². The van der Waals surface area contributed by atoms with Crippen molar-refractivity contribution in [2.24, 2.45) is 0 Å². The van der Waals surface area contributed by atoms with Crippen LogP contribution in [0.25, 0.3) is 0 Å². The number of anilines is 1. The molecular formula is C23H24N2O4S. The molecule has 0 fully saturated rings. The van der Waals surface area contributed by atoms with Gasteiger partial charge in [0.25, 0.3) is 11.8 Å². The Morgan fingerprint density at radius 1 is 1.03 bits per heavy atom. The number of rotatable bonds is 8. The predicted octanol–water partition coefficient (Wildman–Crippen LogP) is 4.33. The van der Waals surface area contributed by atoms with Gasteiger partial charge in [-0.3, -0.25) is 9.59 Å². The van der Waals surface area contributed by atoms with Gasteiger partial charge in [-0.05, 0) is 47.7 Å². The van der Waals surface area contributed by atoms with Gasteiger partial charge in [0.15, 0.2) is 11.5 Å². The van der Waals surface area contributed by atoms with E-state index >= 15 is 0 Å². The molecule has 0 radical (unpaired) electrons. The van der Waals surface area contributed by atoms with E-state index in [0.29, 0.717) is 41.3 Å². The minimum Gasteiger partial charge on any atom is -0.493 e. The highest BCUT2D eigenvalue weighted by atomic mass is 32.1. The lowest BCUT2D eigenvalue weighted by atomic mass is 10.1. The van der Waals surface area contributed by atoms with Crippen LogP contribution in [0.5, 0.6) is 11.5 Å². The van der Waals surface area contributed by atoms with Crippen molar-refractivity contribution in [3.63, 3.8) is 0 Å². The van der Waals surface area contributed by atoms with E-state index < -0.39 is 0 Å². The van der Waals surface area contributed by atoms with Gasteiger partial charge in [0, 0.05) is 19.0 Å². The number of carbonyl (C=O) groups is 2. The molecule has 0 atom stereocenters. The molecule has 3 aromatic rings. The first kappa shape index (κ1) is 21.4. The number of carbonyl (C=O) groups excluding carboxylic acids is 2. The van der Waals surface area contributed by atoms with Crippen LogP contribution in [0.1, 0.15) is 26.3 Å². The highest BCUT2D eigenvalue weighted by Crippen LogP contribution is 2.28. The molecule has 3 rings (SSSR count). The zero-order valence-corrected chi connectivity index (χ0v) is 18.0. The van der Waals surface area contributed by atoms with Gasteiger partial charge in [0.1, 0.15) is 0 Å². The topological polar surface area (TPSA) is 67.9 Å². The fraction of sp³-hybridized carbons (Fsp3) is 0.217. The molecule has 0 aliphatic carbocycles. The fourth-order valence-electron chi connectivity index (χ4n) is 3.01. The van der Waals surface area contributed by atoms with E-state index in [-0.39, 0.29) is 11.8 Å². The van der Waals surface area contributed by atoms with Crippen LogP contribution in [-0.4, -0.2) is 44.5 Å². The van der Waals surface area contributed by atoms with Crippen molar-refractivity contribution in [2.45, 2.75) is 6.42 Å².